The largest absolute Gasteiger partial charge is 0.495 e. The van der Waals surface area contributed by atoms with E-state index in [2.05, 4.69) is 5.32 Å². The van der Waals surface area contributed by atoms with Gasteiger partial charge in [-0.05, 0) is 48.3 Å². The van der Waals surface area contributed by atoms with E-state index in [0.717, 1.165) is 37.2 Å². The van der Waals surface area contributed by atoms with Crippen LogP contribution in [0.15, 0.2) is 41.8 Å². The second-order valence-electron chi connectivity index (χ2n) is 9.88. The van der Waals surface area contributed by atoms with Gasteiger partial charge in [0, 0.05) is 44.0 Å². The van der Waals surface area contributed by atoms with Crippen molar-refractivity contribution in [1.29, 1.82) is 0 Å². The molecule has 186 valence electrons. The molecule has 3 aliphatic rings. The Kier molecular flexibility index (Phi) is 6.69. The molecule has 3 saturated heterocycles. The van der Waals surface area contributed by atoms with Crippen LogP contribution in [0.25, 0.3) is 0 Å². The Morgan fingerprint density at radius 2 is 1.83 bits per heavy atom. The molecule has 1 aromatic carbocycles. The fourth-order valence-electron chi connectivity index (χ4n) is 5.60. The van der Waals surface area contributed by atoms with Crippen molar-refractivity contribution in [2.24, 2.45) is 11.3 Å². The molecule has 35 heavy (non-hydrogen) atoms. The van der Waals surface area contributed by atoms with Gasteiger partial charge in [-0.25, -0.2) is 4.79 Å². The smallest absolute Gasteiger partial charge is 0.321 e. The zero-order valence-electron chi connectivity index (χ0n) is 20.1. The minimum atomic E-state index is -0.246. The van der Waals surface area contributed by atoms with Gasteiger partial charge in [-0.15, -0.1) is 11.3 Å². The van der Waals surface area contributed by atoms with E-state index in [9.17, 15) is 14.4 Å². The van der Waals surface area contributed by atoms with Crippen LogP contribution in [0.2, 0.25) is 0 Å². The summed E-state index contributed by atoms with van der Waals surface area (Å²) in [5.41, 5.74) is 0.730. The molecule has 0 saturated carbocycles. The third-order valence-corrected chi connectivity index (χ3v) is 8.56. The number of hydrogen-bond donors (Lipinski definition) is 1. The number of methoxy groups -OCH3 is 1. The van der Waals surface area contributed by atoms with Gasteiger partial charge in [0.2, 0.25) is 11.8 Å². The lowest BCUT2D eigenvalue weighted by Crippen LogP contribution is -2.46. The zero-order valence-corrected chi connectivity index (χ0v) is 20.9. The first-order chi connectivity index (χ1) is 17.0. The molecule has 0 radical (unpaired) electrons. The topological polar surface area (TPSA) is 82.2 Å². The first kappa shape index (κ1) is 23.7. The summed E-state index contributed by atoms with van der Waals surface area (Å²) in [6.45, 7) is 3.90. The van der Waals surface area contributed by atoms with Crippen LogP contribution in [0.4, 0.5) is 10.5 Å². The molecule has 4 heterocycles. The Balaban J connectivity index is 1.12. The number of amides is 4. The summed E-state index contributed by atoms with van der Waals surface area (Å²) < 4.78 is 5.33. The van der Waals surface area contributed by atoms with Crippen LogP contribution in [0.1, 0.15) is 30.6 Å². The van der Waals surface area contributed by atoms with Crippen molar-refractivity contribution in [2.75, 3.05) is 45.2 Å². The average Bonchev–Trinajstić information content (AvgIpc) is 3.61. The Morgan fingerprint density at radius 1 is 1.09 bits per heavy atom. The van der Waals surface area contributed by atoms with Crippen LogP contribution in [-0.2, 0) is 16.1 Å². The van der Waals surface area contributed by atoms with Gasteiger partial charge in [0.15, 0.2) is 0 Å². The molecule has 1 N–H and O–H groups in total. The molecule has 0 aliphatic carbocycles. The summed E-state index contributed by atoms with van der Waals surface area (Å²) in [5.74, 6) is 0.572. The molecule has 4 amide bonds. The molecular weight excluding hydrogens is 464 g/mol. The van der Waals surface area contributed by atoms with E-state index in [4.69, 9.17) is 4.74 Å². The summed E-state index contributed by atoms with van der Waals surface area (Å²) in [6.07, 6.45) is 3.03. The van der Waals surface area contributed by atoms with E-state index in [1.165, 1.54) is 0 Å². The average molecular weight is 497 g/mol. The van der Waals surface area contributed by atoms with Crippen LogP contribution in [0.5, 0.6) is 5.75 Å². The standard InChI is InChI=1S/C26H32N4O4S/c1-34-22-7-3-2-6-21(22)27-25(33)28-11-8-26(9-12-28)10-13-29(18-26)24(32)19-15-23(31)30(16-19)17-20-5-4-14-35-20/h2-7,14,19H,8-13,15-18H2,1H3,(H,27,33). The quantitative estimate of drug-likeness (QED) is 0.685. The monoisotopic (exact) mass is 496 g/mol. The lowest BCUT2D eigenvalue weighted by molar-refractivity contribution is -0.135. The van der Waals surface area contributed by atoms with Gasteiger partial charge in [0.05, 0.1) is 25.3 Å². The highest BCUT2D eigenvalue weighted by Crippen LogP contribution is 2.41. The molecule has 1 spiro atoms. The molecule has 0 bridgehead atoms. The Labute approximate surface area is 209 Å². The Morgan fingerprint density at radius 3 is 2.54 bits per heavy atom. The van der Waals surface area contributed by atoms with E-state index < -0.39 is 0 Å². The number of ether oxygens (including phenoxy) is 1. The number of piperidine rings is 1. The predicted octanol–water partition coefficient (Wildman–Crippen LogP) is 3.65. The van der Waals surface area contributed by atoms with Gasteiger partial charge in [-0.2, -0.15) is 0 Å². The first-order valence-corrected chi connectivity index (χ1v) is 13.1. The van der Waals surface area contributed by atoms with Gasteiger partial charge >= 0.3 is 6.03 Å². The molecule has 3 aliphatic heterocycles. The lowest BCUT2D eigenvalue weighted by atomic mass is 9.78. The van der Waals surface area contributed by atoms with Crippen molar-refractivity contribution in [1.82, 2.24) is 14.7 Å². The summed E-state index contributed by atoms with van der Waals surface area (Å²) in [4.78, 5) is 45.4. The lowest BCUT2D eigenvalue weighted by Gasteiger charge is -2.39. The fraction of sp³-hybridized carbons (Fsp3) is 0.500. The molecular formula is C26H32N4O4S. The number of benzene rings is 1. The van der Waals surface area contributed by atoms with Gasteiger partial charge in [0.1, 0.15) is 5.75 Å². The second-order valence-corrected chi connectivity index (χ2v) is 10.9. The Bertz CT molecular complexity index is 1080. The number of thiophene rings is 1. The highest BCUT2D eigenvalue weighted by molar-refractivity contribution is 7.09. The number of nitrogens with zero attached hydrogens (tertiary/aromatic N) is 3. The minimum Gasteiger partial charge on any atom is -0.495 e. The molecule has 3 fully saturated rings. The molecule has 1 unspecified atom stereocenters. The van der Waals surface area contributed by atoms with Crippen molar-refractivity contribution in [2.45, 2.75) is 32.2 Å². The summed E-state index contributed by atoms with van der Waals surface area (Å²) in [5, 5.41) is 4.97. The van der Waals surface area contributed by atoms with Gasteiger partial charge < -0.3 is 24.8 Å². The van der Waals surface area contributed by atoms with E-state index >= 15 is 0 Å². The number of likely N-dealkylation sites (tertiary alicyclic amines) is 3. The third-order valence-electron chi connectivity index (χ3n) is 7.70. The van der Waals surface area contributed by atoms with Crippen LogP contribution in [0.3, 0.4) is 0 Å². The number of hydrogen-bond acceptors (Lipinski definition) is 5. The van der Waals surface area contributed by atoms with Gasteiger partial charge in [-0.3, -0.25) is 9.59 Å². The maximum absolute atomic E-state index is 13.3. The molecule has 2 aromatic rings. The highest BCUT2D eigenvalue weighted by Gasteiger charge is 2.45. The highest BCUT2D eigenvalue weighted by atomic mass is 32.1. The van der Waals surface area contributed by atoms with Crippen molar-refractivity contribution < 1.29 is 19.1 Å². The number of urea groups is 1. The SMILES string of the molecule is COc1ccccc1NC(=O)N1CCC2(CC1)CCN(C(=O)C1CC(=O)N(Cc3cccs3)C1)C2. The van der Waals surface area contributed by atoms with Gasteiger partial charge in [-0.1, -0.05) is 18.2 Å². The van der Waals surface area contributed by atoms with Crippen LogP contribution in [-0.4, -0.2) is 72.4 Å². The molecule has 1 aromatic heterocycles. The number of para-hydroxylation sites is 2. The van der Waals surface area contributed by atoms with E-state index in [1.54, 1.807) is 18.4 Å². The number of nitrogens with one attached hydrogen (secondary N) is 1. The maximum Gasteiger partial charge on any atom is 0.321 e. The van der Waals surface area contributed by atoms with Crippen LogP contribution < -0.4 is 10.1 Å². The third kappa shape index (κ3) is 5.00. The first-order valence-electron chi connectivity index (χ1n) is 12.2. The van der Waals surface area contributed by atoms with E-state index in [1.807, 2.05) is 56.5 Å². The molecule has 8 nitrogen and oxygen atoms in total. The zero-order chi connectivity index (χ0) is 24.4. The van der Waals surface area contributed by atoms with Crippen molar-refractivity contribution in [3.63, 3.8) is 0 Å². The second kappa shape index (κ2) is 9.89. The van der Waals surface area contributed by atoms with Crippen molar-refractivity contribution >= 4 is 34.9 Å². The summed E-state index contributed by atoms with van der Waals surface area (Å²) >= 11 is 1.64. The van der Waals surface area contributed by atoms with Crippen molar-refractivity contribution in [3.8, 4) is 5.75 Å². The molecule has 9 heteroatoms. The maximum atomic E-state index is 13.3. The van der Waals surface area contributed by atoms with E-state index in [-0.39, 0.29) is 29.2 Å². The van der Waals surface area contributed by atoms with Gasteiger partial charge in [0.25, 0.3) is 0 Å². The predicted molar refractivity (Wildman–Crippen MR) is 134 cm³/mol. The fourth-order valence-corrected chi connectivity index (χ4v) is 6.32. The molecule has 1 atom stereocenters. The van der Waals surface area contributed by atoms with Crippen LogP contribution in [0, 0.1) is 11.3 Å². The van der Waals surface area contributed by atoms with Crippen molar-refractivity contribution in [3.05, 3.63) is 46.7 Å². The number of carbonyl (C=O) groups is 3. The number of rotatable bonds is 5. The summed E-state index contributed by atoms with van der Waals surface area (Å²) in [6, 6.07) is 11.3. The minimum absolute atomic E-state index is 0.0656. The normalized spacial score (nSPS) is 21.6. The Hall–Kier alpha value is -3.07. The number of carbonyl (C=O) groups excluding carboxylic acids is 3. The van der Waals surface area contributed by atoms with E-state index in [0.29, 0.717) is 44.0 Å². The summed E-state index contributed by atoms with van der Waals surface area (Å²) in [7, 11) is 1.59. The van der Waals surface area contributed by atoms with Crippen LogP contribution >= 0.6 is 11.3 Å². The molecule has 5 rings (SSSR count). The number of anilines is 1.